The minimum Gasteiger partial charge on any atom is -0.475 e. The molecule has 2 N–H and O–H groups in total. The van der Waals surface area contributed by atoms with Crippen molar-refractivity contribution >= 4 is 29.9 Å². The summed E-state index contributed by atoms with van der Waals surface area (Å²) in [5.41, 5.74) is 1.01. The summed E-state index contributed by atoms with van der Waals surface area (Å²) in [5.74, 6) is 1.47. The zero-order chi connectivity index (χ0) is 15.6. The van der Waals surface area contributed by atoms with Crippen molar-refractivity contribution in [2.75, 3.05) is 27.4 Å². The van der Waals surface area contributed by atoms with Gasteiger partial charge in [0, 0.05) is 38.5 Å². The Bertz CT molecular complexity index is 479. The maximum atomic E-state index is 5.64. The number of pyridine rings is 1. The van der Waals surface area contributed by atoms with Gasteiger partial charge in [0.25, 0.3) is 0 Å². The van der Waals surface area contributed by atoms with E-state index in [0.29, 0.717) is 31.7 Å². The summed E-state index contributed by atoms with van der Waals surface area (Å²) in [5, 5.41) is 6.80. The molecule has 7 heteroatoms. The highest BCUT2D eigenvalue weighted by Crippen LogP contribution is 2.17. The SMILES string of the molecule is CN=C(NCc1cccnc1OCCOC)NC1CCCC1.I. The third-order valence-corrected chi connectivity index (χ3v) is 3.74. The summed E-state index contributed by atoms with van der Waals surface area (Å²) in [4.78, 5) is 8.56. The average molecular weight is 434 g/mol. The lowest BCUT2D eigenvalue weighted by atomic mass is 10.2. The Morgan fingerprint density at radius 1 is 1.35 bits per heavy atom. The molecule has 2 rings (SSSR count). The van der Waals surface area contributed by atoms with E-state index in [4.69, 9.17) is 9.47 Å². The van der Waals surface area contributed by atoms with Gasteiger partial charge in [-0.2, -0.15) is 0 Å². The first-order valence-electron chi connectivity index (χ1n) is 7.86. The lowest BCUT2D eigenvalue weighted by Gasteiger charge is -2.17. The van der Waals surface area contributed by atoms with Crippen LogP contribution in [-0.2, 0) is 11.3 Å². The smallest absolute Gasteiger partial charge is 0.218 e. The Morgan fingerprint density at radius 2 is 2.13 bits per heavy atom. The van der Waals surface area contributed by atoms with Crippen LogP contribution in [0.4, 0.5) is 0 Å². The standard InChI is InChI=1S/C16H26N4O2.HI/c1-17-16(20-14-7-3-4-8-14)19-12-13-6-5-9-18-15(13)22-11-10-21-2;/h5-6,9,14H,3-4,7-8,10-12H2,1-2H3,(H2,17,19,20);1H. The maximum Gasteiger partial charge on any atom is 0.218 e. The molecule has 1 aliphatic rings. The molecule has 0 bridgehead atoms. The lowest BCUT2D eigenvalue weighted by molar-refractivity contribution is 0.143. The Labute approximate surface area is 155 Å². The average Bonchev–Trinajstić information content (AvgIpc) is 3.06. The molecule has 0 spiro atoms. The van der Waals surface area contributed by atoms with Gasteiger partial charge in [0.15, 0.2) is 5.96 Å². The molecule has 1 aromatic rings. The molecule has 1 heterocycles. The van der Waals surface area contributed by atoms with Crippen LogP contribution in [0.2, 0.25) is 0 Å². The predicted octanol–water partition coefficient (Wildman–Crippen LogP) is 2.33. The second-order valence-corrected chi connectivity index (χ2v) is 5.36. The van der Waals surface area contributed by atoms with Crippen molar-refractivity contribution < 1.29 is 9.47 Å². The van der Waals surface area contributed by atoms with Gasteiger partial charge in [-0.15, -0.1) is 24.0 Å². The molecular formula is C16H27IN4O2. The fourth-order valence-corrected chi connectivity index (χ4v) is 2.55. The van der Waals surface area contributed by atoms with E-state index < -0.39 is 0 Å². The van der Waals surface area contributed by atoms with Gasteiger partial charge in [0.05, 0.1) is 6.61 Å². The van der Waals surface area contributed by atoms with Gasteiger partial charge >= 0.3 is 0 Å². The summed E-state index contributed by atoms with van der Waals surface area (Å²) < 4.78 is 10.6. The van der Waals surface area contributed by atoms with Crippen molar-refractivity contribution in [3.05, 3.63) is 23.9 Å². The van der Waals surface area contributed by atoms with Crippen LogP contribution in [-0.4, -0.2) is 44.4 Å². The number of nitrogens with one attached hydrogen (secondary N) is 2. The molecule has 130 valence electrons. The minimum absolute atomic E-state index is 0. The van der Waals surface area contributed by atoms with Gasteiger partial charge in [-0.25, -0.2) is 4.98 Å². The Balaban J connectivity index is 0.00000264. The molecule has 0 aliphatic heterocycles. The van der Waals surface area contributed by atoms with Gasteiger partial charge in [-0.3, -0.25) is 4.99 Å². The highest BCUT2D eigenvalue weighted by atomic mass is 127. The molecule has 6 nitrogen and oxygen atoms in total. The van der Waals surface area contributed by atoms with Crippen molar-refractivity contribution in [2.24, 2.45) is 4.99 Å². The topological polar surface area (TPSA) is 67.8 Å². The van der Waals surface area contributed by atoms with E-state index >= 15 is 0 Å². The monoisotopic (exact) mass is 434 g/mol. The number of nitrogens with zero attached hydrogens (tertiary/aromatic N) is 2. The van der Waals surface area contributed by atoms with Crippen LogP contribution in [0.25, 0.3) is 0 Å². The highest BCUT2D eigenvalue weighted by Gasteiger charge is 2.16. The molecule has 0 aromatic carbocycles. The normalized spacial score (nSPS) is 15.1. The Morgan fingerprint density at radius 3 is 2.83 bits per heavy atom. The van der Waals surface area contributed by atoms with E-state index in [1.165, 1.54) is 25.7 Å². The number of halogens is 1. The van der Waals surface area contributed by atoms with Gasteiger partial charge < -0.3 is 20.1 Å². The highest BCUT2D eigenvalue weighted by molar-refractivity contribution is 14.0. The summed E-state index contributed by atoms with van der Waals surface area (Å²) in [6.45, 7) is 1.67. The number of rotatable bonds is 7. The molecule has 0 amide bonds. The van der Waals surface area contributed by atoms with Gasteiger partial charge in [-0.05, 0) is 18.9 Å². The van der Waals surface area contributed by atoms with Crippen molar-refractivity contribution in [3.8, 4) is 5.88 Å². The second-order valence-electron chi connectivity index (χ2n) is 5.36. The number of aliphatic imine (C=N–C) groups is 1. The number of hydrogen-bond donors (Lipinski definition) is 2. The van der Waals surface area contributed by atoms with Gasteiger partial charge in [-0.1, -0.05) is 18.9 Å². The van der Waals surface area contributed by atoms with Crippen molar-refractivity contribution in [2.45, 2.75) is 38.3 Å². The molecular weight excluding hydrogens is 407 g/mol. The number of guanidine groups is 1. The van der Waals surface area contributed by atoms with E-state index in [1.807, 2.05) is 12.1 Å². The first-order chi connectivity index (χ1) is 10.8. The van der Waals surface area contributed by atoms with Gasteiger partial charge in [0.2, 0.25) is 5.88 Å². The molecule has 0 radical (unpaired) electrons. The van der Waals surface area contributed by atoms with Crippen LogP contribution in [0.3, 0.4) is 0 Å². The quantitative estimate of drug-likeness (QED) is 0.299. The van der Waals surface area contributed by atoms with Crippen LogP contribution in [0.15, 0.2) is 23.3 Å². The van der Waals surface area contributed by atoms with Crippen LogP contribution in [0.1, 0.15) is 31.2 Å². The van der Waals surface area contributed by atoms with Crippen molar-refractivity contribution in [1.29, 1.82) is 0 Å². The van der Waals surface area contributed by atoms with E-state index in [1.54, 1.807) is 20.4 Å². The number of aromatic nitrogens is 1. The number of hydrogen-bond acceptors (Lipinski definition) is 4. The summed E-state index contributed by atoms with van der Waals surface area (Å²) >= 11 is 0. The fraction of sp³-hybridized carbons (Fsp3) is 0.625. The van der Waals surface area contributed by atoms with E-state index in [0.717, 1.165) is 11.5 Å². The molecule has 1 aliphatic carbocycles. The molecule has 1 fully saturated rings. The summed E-state index contributed by atoms with van der Waals surface area (Å²) in [7, 11) is 3.45. The third kappa shape index (κ3) is 6.90. The van der Waals surface area contributed by atoms with Crippen molar-refractivity contribution in [3.63, 3.8) is 0 Å². The zero-order valence-electron chi connectivity index (χ0n) is 13.9. The molecule has 0 saturated heterocycles. The number of ether oxygens (including phenoxy) is 2. The lowest BCUT2D eigenvalue weighted by Crippen LogP contribution is -2.42. The predicted molar refractivity (Wildman–Crippen MR) is 103 cm³/mol. The fourth-order valence-electron chi connectivity index (χ4n) is 2.55. The number of methoxy groups -OCH3 is 1. The molecule has 23 heavy (non-hydrogen) atoms. The van der Waals surface area contributed by atoms with Crippen molar-refractivity contribution in [1.82, 2.24) is 15.6 Å². The van der Waals surface area contributed by atoms with E-state index in [2.05, 4.69) is 20.6 Å². The molecule has 1 saturated carbocycles. The molecule has 1 aromatic heterocycles. The van der Waals surface area contributed by atoms with E-state index in [-0.39, 0.29) is 24.0 Å². The first kappa shape index (κ1) is 20.0. The van der Waals surface area contributed by atoms with Crippen LogP contribution in [0.5, 0.6) is 5.88 Å². The summed E-state index contributed by atoms with van der Waals surface area (Å²) in [6.07, 6.45) is 6.78. The van der Waals surface area contributed by atoms with Gasteiger partial charge in [0.1, 0.15) is 6.61 Å². The maximum absolute atomic E-state index is 5.64. The largest absolute Gasteiger partial charge is 0.475 e. The molecule has 0 unspecified atom stereocenters. The van der Waals surface area contributed by atoms with Crippen LogP contribution in [0, 0.1) is 0 Å². The molecule has 0 atom stereocenters. The zero-order valence-corrected chi connectivity index (χ0v) is 16.2. The van der Waals surface area contributed by atoms with Crippen LogP contribution < -0.4 is 15.4 Å². The van der Waals surface area contributed by atoms with E-state index in [9.17, 15) is 0 Å². The Hall–Kier alpha value is -1.09. The first-order valence-corrected chi connectivity index (χ1v) is 7.86. The summed E-state index contributed by atoms with van der Waals surface area (Å²) in [6, 6.07) is 4.45. The third-order valence-electron chi connectivity index (χ3n) is 3.74. The second kappa shape index (κ2) is 11.4. The van der Waals surface area contributed by atoms with Crippen LogP contribution >= 0.6 is 24.0 Å². The Kier molecular flexibility index (Phi) is 9.93. The minimum atomic E-state index is 0.